The number of aromatic amines is 1. The fraction of sp³-hybridized carbons (Fsp3) is 0.167. The summed E-state index contributed by atoms with van der Waals surface area (Å²) in [7, 11) is 0. The molecule has 0 aliphatic carbocycles. The van der Waals surface area contributed by atoms with Crippen molar-refractivity contribution >= 4 is 46.2 Å². The van der Waals surface area contributed by atoms with Gasteiger partial charge < -0.3 is 4.98 Å². The first-order chi connectivity index (χ1) is 11.9. The molecule has 3 amide bonds. The minimum absolute atomic E-state index is 0.319. The van der Waals surface area contributed by atoms with Gasteiger partial charge in [-0.1, -0.05) is 23.7 Å². The van der Waals surface area contributed by atoms with Crippen LogP contribution in [-0.4, -0.2) is 27.4 Å². The SMILES string of the molecule is CC1(C)C(=O)N(c2ccc(Cl)cc2)C(=O)N1c1nc2ccccc2[nH]1. The number of anilines is 2. The van der Waals surface area contributed by atoms with Gasteiger partial charge in [0.2, 0.25) is 5.95 Å². The molecule has 1 aliphatic heterocycles. The number of imidazole rings is 1. The number of para-hydroxylation sites is 2. The number of imide groups is 1. The normalized spacial score (nSPS) is 16.9. The van der Waals surface area contributed by atoms with Crippen LogP contribution >= 0.6 is 11.6 Å². The lowest BCUT2D eigenvalue weighted by atomic mass is 10.0. The second-order valence-electron chi connectivity index (χ2n) is 6.37. The van der Waals surface area contributed by atoms with Gasteiger partial charge in [-0.25, -0.2) is 19.6 Å². The molecule has 1 N–H and O–H groups in total. The van der Waals surface area contributed by atoms with Crippen molar-refractivity contribution in [2.75, 3.05) is 9.80 Å². The highest BCUT2D eigenvalue weighted by molar-refractivity contribution is 6.31. The molecule has 0 atom stereocenters. The molecule has 2 heterocycles. The summed E-state index contributed by atoms with van der Waals surface area (Å²) >= 11 is 5.90. The van der Waals surface area contributed by atoms with E-state index >= 15 is 0 Å². The maximum absolute atomic E-state index is 13.0. The van der Waals surface area contributed by atoms with Crippen LogP contribution in [0.2, 0.25) is 5.02 Å². The van der Waals surface area contributed by atoms with Gasteiger partial charge in [0.1, 0.15) is 5.54 Å². The zero-order valence-corrected chi connectivity index (χ0v) is 14.4. The number of halogens is 1. The van der Waals surface area contributed by atoms with E-state index in [0.29, 0.717) is 16.7 Å². The number of carbonyl (C=O) groups is 2. The summed E-state index contributed by atoms with van der Waals surface area (Å²) in [6, 6.07) is 13.6. The van der Waals surface area contributed by atoms with Crippen LogP contribution in [0.3, 0.4) is 0 Å². The Hall–Kier alpha value is -2.86. The Bertz CT molecular complexity index is 961. The molecule has 0 unspecified atom stereocenters. The summed E-state index contributed by atoms with van der Waals surface area (Å²) in [5.74, 6) is 0.0290. The topological polar surface area (TPSA) is 69.3 Å². The van der Waals surface area contributed by atoms with Crippen LogP contribution < -0.4 is 9.80 Å². The van der Waals surface area contributed by atoms with Crippen LogP contribution in [0, 0.1) is 0 Å². The molecule has 0 saturated carbocycles. The van der Waals surface area contributed by atoms with Crippen LogP contribution in [0.5, 0.6) is 0 Å². The Morgan fingerprint density at radius 1 is 1.04 bits per heavy atom. The maximum Gasteiger partial charge on any atom is 0.339 e. The Labute approximate surface area is 149 Å². The minimum atomic E-state index is -1.06. The summed E-state index contributed by atoms with van der Waals surface area (Å²) < 4.78 is 0. The van der Waals surface area contributed by atoms with E-state index < -0.39 is 11.6 Å². The number of nitrogens with zero attached hydrogens (tertiary/aromatic N) is 3. The first-order valence-electron chi connectivity index (χ1n) is 7.78. The molecule has 126 valence electrons. The van der Waals surface area contributed by atoms with Crippen molar-refractivity contribution in [2.24, 2.45) is 0 Å². The third kappa shape index (κ3) is 2.29. The van der Waals surface area contributed by atoms with Crippen molar-refractivity contribution in [1.29, 1.82) is 0 Å². The predicted molar refractivity (Wildman–Crippen MR) is 97.0 cm³/mol. The molecule has 0 spiro atoms. The lowest BCUT2D eigenvalue weighted by molar-refractivity contribution is -0.120. The van der Waals surface area contributed by atoms with Gasteiger partial charge in [0.25, 0.3) is 5.91 Å². The van der Waals surface area contributed by atoms with Crippen LogP contribution in [-0.2, 0) is 4.79 Å². The maximum atomic E-state index is 13.0. The fourth-order valence-electron chi connectivity index (χ4n) is 3.01. The number of benzene rings is 2. The van der Waals surface area contributed by atoms with Gasteiger partial charge in [-0.05, 0) is 50.2 Å². The van der Waals surface area contributed by atoms with Gasteiger partial charge in [0.05, 0.1) is 16.7 Å². The number of H-pyrrole nitrogens is 1. The van der Waals surface area contributed by atoms with Gasteiger partial charge >= 0.3 is 6.03 Å². The lowest BCUT2D eigenvalue weighted by Gasteiger charge is -2.24. The number of amides is 3. The van der Waals surface area contributed by atoms with Crippen molar-refractivity contribution in [2.45, 2.75) is 19.4 Å². The van der Waals surface area contributed by atoms with Crippen molar-refractivity contribution in [1.82, 2.24) is 9.97 Å². The number of carbonyl (C=O) groups excluding carboxylic acids is 2. The molecule has 3 aromatic rings. The van der Waals surface area contributed by atoms with E-state index in [-0.39, 0.29) is 5.91 Å². The Morgan fingerprint density at radius 2 is 1.72 bits per heavy atom. The average molecular weight is 355 g/mol. The zero-order valence-electron chi connectivity index (χ0n) is 13.7. The van der Waals surface area contributed by atoms with E-state index in [1.54, 1.807) is 38.1 Å². The van der Waals surface area contributed by atoms with Crippen LogP contribution in [0.15, 0.2) is 48.5 Å². The van der Waals surface area contributed by atoms with E-state index in [2.05, 4.69) is 9.97 Å². The van der Waals surface area contributed by atoms with Crippen molar-refractivity contribution in [3.8, 4) is 0 Å². The molecule has 1 fully saturated rings. The molecule has 6 nitrogen and oxygen atoms in total. The molecule has 1 aliphatic rings. The summed E-state index contributed by atoms with van der Waals surface area (Å²) in [5, 5.41) is 0.538. The average Bonchev–Trinajstić information content (AvgIpc) is 3.06. The molecule has 4 rings (SSSR count). The third-order valence-corrected chi connectivity index (χ3v) is 4.59. The molecule has 1 saturated heterocycles. The summed E-state index contributed by atoms with van der Waals surface area (Å²) in [6.45, 7) is 3.41. The van der Waals surface area contributed by atoms with E-state index in [9.17, 15) is 9.59 Å². The van der Waals surface area contributed by atoms with Gasteiger partial charge in [-0.15, -0.1) is 0 Å². The third-order valence-electron chi connectivity index (χ3n) is 4.34. The van der Waals surface area contributed by atoms with E-state index in [0.717, 1.165) is 15.9 Å². The van der Waals surface area contributed by atoms with Crippen LogP contribution in [0.4, 0.5) is 16.4 Å². The van der Waals surface area contributed by atoms with Crippen molar-refractivity contribution < 1.29 is 9.59 Å². The Balaban J connectivity index is 1.81. The van der Waals surface area contributed by atoms with Crippen molar-refractivity contribution in [3.05, 3.63) is 53.6 Å². The van der Waals surface area contributed by atoms with E-state index in [1.807, 2.05) is 24.3 Å². The number of urea groups is 1. The molecule has 0 bridgehead atoms. The quantitative estimate of drug-likeness (QED) is 0.708. The number of fused-ring (bicyclic) bond motifs is 1. The standard InChI is InChI=1S/C18H15ClN4O2/c1-18(2)15(24)22(12-9-7-11(19)8-10-12)17(25)23(18)16-20-13-5-3-4-6-14(13)21-16/h3-10H,1-2H3,(H,20,21). The summed E-state index contributed by atoms with van der Waals surface area (Å²) in [5.41, 5.74) is 0.952. The predicted octanol–water partition coefficient (Wildman–Crippen LogP) is 3.97. The Morgan fingerprint density at radius 3 is 2.40 bits per heavy atom. The zero-order chi connectivity index (χ0) is 17.8. The van der Waals surface area contributed by atoms with Crippen LogP contribution in [0.1, 0.15) is 13.8 Å². The first kappa shape index (κ1) is 15.7. The number of aromatic nitrogens is 2. The fourth-order valence-corrected chi connectivity index (χ4v) is 3.14. The molecule has 7 heteroatoms. The number of rotatable bonds is 2. The van der Waals surface area contributed by atoms with Gasteiger partial charge in [-0.2, -0.15) is 0 Å². The minimum Gasteiger partial charge on any atom is -0.324 e. The molecular formula is C18H15ClN4O2. The smallest absolute Gasteiger partial charge is 0.324 e. The molecule has 2 aromatic carbocycles. The molecular weight excluding hydrogens is 340 g/mol. The highest BCUT2D eigenvalue weighted by atomic mass is 35.5. The summed E-state index contributed by atoms with van der Waals surface area (Å²) in [6.07, 6.45) is 0. The second kappa shape index (κ2) is 5.32. The highest BCUT2D eigenvalue weighted by Crippen LogP contribution is 2.35. The van der Waals surface area contributed by atoms with Crippen LogP contribution in [0.25, 0.3) is 11.0 Å². The van der Waals surface area contributed by atoms with E-state index in [1.165, 1.54) is 4.90 Å². The molecule has 25 heavy (non-hydrogen) atoms. The van der Waals surface area contributed by atoms with E-state index in [4.69, 9.17) is 11.6 Å². The molecule has 0 radical (unpaired) electrons. The Kier molecular flexibility index (Phi) is 3.33. The monoisotopic (exact) mass is 354 g/mol. The largest absolute Gasteiger partial charge is 0.339 e. The number of hydrogen-bond acceptors (Lipinski definition) is 3. The van der Waals surface area contributed by atoms with Gasteiger partial charge in [0.15, 0.2) is 0 Å². The van der Waals surface area contributed by atoms with Crippen molar-refractivity contribution in [3.63, 3.8) is 0 Å². The van der Waals surface area contributed by atoms with Gasteiger partial charge in [0, 0.05) is 5.02 Å². The lowest BCUT2D eigenvalue weighted by Crippen LogP contribution is -2.45. The second-order valence-corrected chi connectivity index (χ2v) is 6.81. The number of hydrogen-bond donors (Lipinski definition) is 1. The molecule has 1 aromatic heterocycles. The highest BCUT2D eigenvalue weighted by Gasteiger charge is 2.53. The first-order valence-corrected chi connectivity index (χ1v) is 8.16. The van der Waals surface area contributed by atoms with Gasteiger partial charge in [-0.3, -0.25) is 4.79 Å². The summed E-state index contributed by atoms with van der Waals surface area (Å²) in [4.78, 5) is 36.1. The number of nitrogens with one attached hydrogen (secondary N) is 1.